The molecule has 2 saturated heterocycles. The molecule has 2 atom stereocenters. The minimum Gasteiger partial charge on any atom is -0.389 e. The molecule has 1 N–H and O–H groups in total. The van der Waals surface area contributed by atoms with Crippen LogP contribution >= 0.6 is 0 Å². The lowest BCUT2D eigenvalue weighted by molar-refractivity contribution is -0.146. The highest BCUT2D eigenvalue weighted by molar-refractivity contribution is 5.77. The van der Waals surface area contributed by atoms with Crippen molar-refractivity contribution in [3.8, 4) is 0 Å². The Balaban J connectivity index is 1.47. The van der Waals surface area contributed by atoms with Crippen LogP contribution in [0.2, 0.25) is 0 Å². The minimum atomic E-state index is -0.522. The molecule has 1 aromatic rings. The third-order valence-corrected chi connectivity index (χ3v) is 6.84. The maximum absolute atomic E-state index is 13.1. The van der Waals surface area contributed by atoms with Gasteiger partial charge in [-0.3, -0.25) is 4.79 Å². The number of aromatic nitrogens is 1. The molecule has 3 aliphatic rings. The highest BCUT2D eigenvalue weighted by Gasteiger charge is 2.45. The number of rotatable bonds is 3. The van der Waals surface area contributed by atoms with Gasteiger partial charge in [0.2, 0.25) is 5.91 Å². The molecule has 0 unspecified atom stereocenters. The third kappa shape index (κ3) is 3.24. The summed E-state index contributed by atoms with van der Waals surface area (Å²) in [5, 5.41) is 10.9. The predicted octanol–water partition coefficient (Wildman–Crippen LogP) is 2.54. The first-order valence-electron chi connectivity index (χ1n) is 9.83. The van der Waals surface area contributed by atoms with Crippen LogP contribution in [0.1, 0.15) is 51.4 Å². The van der Waals surface area contributed by atoms with Gasteiger partial charge in [-0.15, -0.1) is 0 Å². The number of hydrogen-bond donors (Lipinski definition) is 1. The summed E-state index contributed by atoms with van der Waals surface area (Å²) in [5.41, 5.74) is -0.676. The summed E-state index contributed by atoms with van der Waals surface area (Å²) in [6, 6.07) is 4.06. The van der Waals surface area contributed by atoms with E-state index in [1.807, 2.05) is 17.0 Å². The lowest BCUT2D eigenvalue weighted by atomic mass is 9.71. The van der Waals surface area contributed by atoms with E-state index in [0.717, 1.165) is 45.1 Å². The molecule has 4 rings (SSSR count). The van der Waals surface area contributed by atoms with E-state index in [2.05, 4.69) is 17.0 Å². The summed E-state index contributed by atoms with van der Waals surface area (Å²) in [7, 11) is 0. The molecule has 0 radical (unpaired) electrons. The number of aliphatic hydroxyl groups is 1. The predicted molar refractivity (Wildman–Crippen MR) is 95.2 cm³/mol. The number of piperidine rings is 1. The van der Waals surface area contributed by atoms with Crippen LogP contribution in [-0.4, -0.2) is 52.4 Å². The van der Waals surface area contributed by atoms with Gasteiger partial charge in [-0.2, -0.15) is 0 Å². The monoisotopic (exact) mass is 346 g/mol. The topological polar surface area (TPSA) is 54.7 Å². The van der Waals surface area contributed by atoms with Gasteiger partial charge in [-0.05, 0) is 44.2 Å². The van der Waals surface area contributed by atoms with Crippen molar-refractivity contribution in [1.82, 2.24) is 9.47 Å². The molecule has 1 amide bonds. The van der Waals surface area contributed by atoms with Crippen molar-refractivity contribution < 1.29 is 14.6 Å². The van der Waals surface area contributed by atoms with Crippen LogP contribution in [0.15, 0.2) is 24.5 Å². The number of ether oxygens (including phenoxy) is 1. The Bertz CT molecular complexity index is 594. The van der Waals surface area contributed by atoms with Crippen LogP contribution in [-0.2, 0) is 15.1 Å². The van der Waals surface area contributed by atoms with Crippen LogP contribution in [0.5, 0.6) is 0 Å². The molecule has 0 aromatic carbocycles. The third-order valence-electron chi connectivity index (χ3n) is 6.84. The van der Waals surface area contributed by atoms with Crippen molar-refractivity contribution in [2.45, 2.75) is 62.5 Å². The molecule has 138 valence electrons. The Labute approximate surface area is 150 Å². The van der Waals surface area contributed by atoms with Crippen molar-refractivity contribution in [2.24, 2.45) is 5.92 Å². The van der Waals surface area contributed by atoms with Crippen LogP contribution in [0.25, 0.3) is 0 Å². The van der Waals surface area contributed by atoms with Crippen molar-refractivity contribution >= 4 is 5.91 Å². The van der Waals surface area contributed by atoms with E-state index in [9.17, 15) is 9.90 Å². The number of nitrogens with zero attached hydrogens (tertiary/aromatic N) is 2. The molecule has 3 heterocycles. The van der Waals surface area contributed by atoms with E-state index >= 15 is 0 Å². The Morgan fingerprint density at radius 3 is 2.64 bits per heavy atom. The first kappa shape index (κ1) is 17.1. The van der Waals surface area contributed by atoms with Gasteiger partial charge >= 0.3 is 0 Å². The standard InChI is InChI=1S/C20H30N2O3/c23-18(21-12-7-20(24)6-2-1-5-17(20)16-21)15-19(8-13-25-14-9-19)22-10-3-4-11-22/h3-4,10-11,17,24H,1-2,5-9,12-16H2/t17-,20-/m1/s1. The number of carbonyl (C=O) groups is 1. The van der Waals surface area contributed by atoms with E-state index in [0.29, 0.717) is 26.2 Å². The Hall–Kier alpha value is -1.33. The molecular weight excluding hydrogens is 316 g/mol. The fourth-order valence-electron chi connectivity index (χ4n) is 5.12. The van der Waals surface area contributed by atoms with E-state index < -0.39 is 5.60 Å². The van der Waals surface area contributed by atoms with E-state index in [1.165, 1.54) is 6.42 Å². The Morgan fingerprint density at radius 1 is 1.12 bits per heavy atom. The number of likely N-dealkylation sites (tertiary alicyclic amines) is 1. The summed E-state index contributed by atoms with van der Waals surface area (Å²) in [6.45, 7) is 2.86. The highest BCUT2D eigenvalue weighted by atomic mass is 16.5. The molecule has 0 spiro atoms. The quantitative estimate of drug-likeness (QED) is 0.915. The van der Waals surface area contributed by atoms with Gasteiger partial charge < -0.3 is 19.3 Å². The number of hydrogen-bond acceptors (Lipinski definition) is 3. The van der Waals surface area contributed by atoms with Gasteiger partial charge in [0.05, 0.1) is 17.6 Å². The summed E-state index contributed by atoms with van der Waals surface area (Å²) in [4.78, 5) is 15.2. The second-order valence-corrected chi connectivity index (χ2v) is 8.24. The lowest BCUT2D eigenvalue weighted by Crippen LogP contribution is -2.55. The van der Waals surface area contributed by atoms with Gasteiger partial charge in [-0.1, -0.05) is 12.8 Å². The van der Waals surface area contributed by atoms with Crippen molar-refractivity contribution in [3.05, 3.63) is 24.5 Å². The molecular formula is C20H30N2O3. The van der Waals surface area contributed by atoms with Gasteiger partial charge in [0, 0.05) is 44.6 Å². The molecule has 0 bridgehead atoms. The lowest BCUT2D eigenvalue weighted by Gasteiger charge is -2.48. The minimum absolute atomic E-state index is 0.154. The summed E-state index contributed by atoms with van der Waals surface area (Å²) in [5.74, 6) is 0.499. The number of fused-ring (bicyclic) bond motifs is 1. The maximum atomic E-state index is 13.1. The molecule has 1 saturated carbocycles. The van der Waals surface area contributed by atoms with Crippen molar-refractivity contribution in [3.63, 3.8) is 0 Å². The molecule has 5 nitrogen and oxygen atoms in total. The van der Waals surface area contributed by atoms with E-state index in [1.54, 1.807) is 0 Å². The summed E-state index contributed by atoms with van der Waals surface area (Å²) in [6.07, 6.45) is 11.5. The van der Waals surface area contributed by atoms with Crippen molar-refractivity contribution in [1.29, 1.82) is 0 Å². The number of amides is 1. The second kappa shape index (κ2) is 6.76. The maximum Gasteiger partial charge on any atom is 0.224 e. The van der Waals surface area contributed by atoms with Crippen LogP contribution < -0.4 is 0 Å². The molecule has 2 aliphatic heterocycles. The highest BCUT2D eigenvalue weighted by Crippen LogP contribution is 2.41. The Morgan fingerprint density at radius 2 is 1.88 bits per heavy atom. The van der Waals surface area contributed by atoms with Crippen LogP contribution in [0.4, 0.5) is 0 Å². The van der Waals surface area contributed by atoms with Crippen molar-refractivity contribution in [2.75, 3.05) is 26.3 Å². The summed E-state index contributed by atoms with van der Waals surface area (Å²) < 4.78 is 7.78. The SMILES string of the molecule is O=C(CC1(n2cccc2)CCOCC1)N1CC[C@]2(O)CCCC[C@@H]2C1. The second-order valence-electron chi connectivity index (χ2n) is 8.24. The molecule has 1 aromatic heterocycles. The fourth-order valence-corrected chi connectivity index (χ4v) is 5.12. The first-order chi connectivity index (χ1) is 12.1. The smallest absolute Gasteiger partial charge is 0.224 e. The molecule has 1 aliphatic carbocycles. The number of carbonyl (C=O) groups excluding carboxylic acids is 1. The van der Waals surface area contributed by atoms with Gasteiger partial charge in [-0.25, -0.2) is 0 Å². The fraction of sp³-hybridized carbons (Fsp3) is 0.750. The van der Waals surface area contributed by atoms with Gasteiger partial charge in [0.15, 0.2) is 0 Å². The average molecular weight is 346 g/mol. The molecule has 5 heteroatoms. The van der Waals surface area contributed by atoms with Crippen LogP contribution in [0.3, 0.4) is 0 Å². The Kier molecular flexibility index (Phi) is 4.63. The van der Waals surface area contributed by atoms with E-state index in [4.69, 9.17) is 4.74 Å². The van der Waals surface area contributed by atoms with Crippen LogP contribution in [0, 0.1) is 5.92 Å². The zero-order valence-electron chi connectivity index (χ0n) is 15.0. The molecule has 25 heavy (non-hydrogen) atoms. The normalized spacial score (nSPS) is 32.2. The van der Waals surface area contributed by atoms with Gasteiger partial charge in [0.25, 0.3) is 0 Å². The van der Waals surface area contributed by atoms with Gasteiger partial charge in [0.1, 0.15) is 0 Å². The average Bonchev–Trinajstić information content (AvgIpc) is 3.17. The first-order valence-corrected chi connectivity index (χ1v) is 9.83. The van der Waals surface area contributed by atoms with E-state index in [-0.39, 0.29) is 17.4 Å². The molecule has 3 fully saturated rings. The summed E-state index contributed by atoms with van der Waals surface area (Å²) >= 11 is 0. The largest absolute Gasteiger partial charge is 0.389 e. The zero-order chi connectivity index (χ0) is 17.3. The zero-order valence-corrected chi connectivity index (χ0v) is 15.0.